The maximum absolute atomic E-state index is 12.6. The molecule has 1 saturated heterocycles. The summed E-state index contributed by atoms with van der Waals surface area (Å²) in [5.74, 6) is -0.541. The minimum atomic E-state index is -3.89. The summed E-state index contributed by atoms with van der Waals surface area (Å²) in [6.45, 7) is 5.55. The molecule has 0 saturated carbocycles. The van der Waals surface area contributed by atoms with Crippen molar-refractivity contribution in [1.82, 2.24) is 4.72 Å². The van der Waals surface area contributed by atoms with Crippen molar-refractivity contribution < 1.29 is 18.3 Å². The predicted molar refractivity (Wildman–Crippen MR) is 118 cm³/mol. The van der Waals surface area contributed by atoms with Gasteiger partial charge in [0.2, 0.25) is 10.0 Å². The fourth-order valence-corrected chi connectivity index (χ4v) is 5.16. The molecular formula is C23H30N2O4S. The molecule has 1 fully saturated rings. The van der Waals surface area contributed by atoms with E-state index in [1.54, 1.807) is 24.3 Å². The summed E-state index contributed by atoms with van der Waals surface area (Å²) in [5, 5.41) is 9.32. The Morgan fingerprint density at radius 1 is 1.07 bits per heavy atom. The van der Waals surface area contributed by atoms with Gasteiger partial charge in [-0.3, -0.25) is 4.79 Å². The highest BCUT2D eigenvalue weighted by molar-refractivity contribution is 7.89. The fourth-order valence-electron chi connectivity index (χ4n) is 3.96. The summed E-state index contributed by atoms with van der Waals surface area (Å²) in [7, 11) is -3.89. The summed E-state index contributed by atoms with van der Waals surface area (Å²) >= 11 is 0. The van der Waals surface area contributed by atoms with E-state index in [0.717, 1.165) is 31.6 Å². The zero-order chi connectivity index (χ0) is 21.7. The van der Waals surface area contributed by atoms with Crippen molar-refractivity contribution in [3.63, 3.8) is 0 Å². The van der Waals surface area contributed by atoms with Gasteiger partial charge in [0.15, 0.2) is 0 Å². The number of aliphatic carboxylic acids is 1. The van der Waals surface area contributed by atoms with Crippen LogP contribution in [-0.4, -0.2) is 38.6 Å². The highest BCUT2D eigenvalue weighted by atomic mass is 32.2. The van der Waals surface area contributed by atoms with Gasteiger partial charge in [-0.2, -0.15) is 4.72 Å². The van der Waals surface area contributed by atoms with Crippen LogP contribution in [0.15, 0.2) is 59.5 Å². The number of anilines is 1. The quantitative estimate of drug-likeness (QED) is 0.664. The number of rotatable bonds is 8. The van der Waals surface area contributed by atoms with Crippen LogP contribution >= 0.6 is 0 Å². The molecule has 2 N–H and O–H groups in total. The maximum atomic E-state index is 12.6. The van der Waals surface area contributed by atoms with Gasteiger partial charge in [0.1, 0.15) is 6.04 Å². The topological polar surface area (TPSA) is 86.7 Å². The lowest BCUT2D eigenvalue weighted by Gasteiger charge is -2.34. The molecule has 0 aliphatic carbocycles. The molecule has 0 amide bonds. The number of carboxylic acids is 1. The van der Waals surface area contributed by atoms with Crippen molar-refractivity contribution in [2.45, 2.75) is 50.0 Å². The van der Waals surface area contributed by atoms with Crippen molar-refractivity contribution in [2.24, 2.45) is 5.92 Å². The van der Waals surface area contributed by atoms with E-state index in [1.807, 2.05) is 19.9 Å². The molecule has 0 bridgehead atoms. The molecule has 6 nitrogen and oxygen atoms in total. The maximum Gasteiger partial charge on any atom is 0.321 e. The first-order valence-electron chi connectivity index (χ1n) is 10.4. The predicted octanol–water partition coefficient (Wildman–Crippen LogP) is 3.85. The minimum Gasteiger partial charge on any atom is -0.480 e. The number of carboxylic acid groups (broad SMARTS) is 1. The molecule has 7 heteroatoms. The van der Waals surface area contributed by atoms with Gasteiger partial charge in [-0.25, -0.2) is 8.42 Å². The van der Waals surface area contributed by atoms with E-state index in [9.17, 15) is 18.3 Å². The van der Waals surface area contributed by atoms with E-state index in [2.05, 4.69) is 33.9 Å². The molecule has 0 unspecified atom stereocenters. The number of sulfonamides is 1. The van der Waals surface area contributed by atoms with E-state index in [0.29, 0.717) is 5.92 Å². The summed E-state index contributed by atoms with van der Waals surface area (Å²) in [6.07, 6.45) is 2.35. The standard InChI is InChI=1S/C23H30N2O4S/c1-17(2)16-22(23(26)27)24-30(28,29)21-10-8-20(9-11-21)25-14-12-19(13-15-25)18-6-4-3-5-7-18/h3-11,17,19,22,24H,12-16H2,1-2H3,(H,26,27)/t22-/m0/s1. The molecule has 2 aromatic rings. The summed E-state index contributed by atoms with van der Waals surface area (Å²) in [6, 6.07) is 16.1. The van der Waals surface area contributed by atoms with Gasteiger partial charge in [0, 0.05) is 18.8 Å². The van der Waals surface area contributed by atoms with Gasteiger partial charge in [0.25, 0.3) is 0 Å². The summed E-state index contributed by atoms with van der Waals surface area (Å²) < 4.78 is 27.6. The van der Waals surface area contributed by atoms with Crippen LogP contribution in [0, 0.1) is 5.92 Å². The molecule has 2 aromatic carbocycles. The van der Waals surface area contributed by atoms with Gasteiger partial charge in [-0.1, -0.05) is 44.2 Å². The molecule has 1 heterocycles. The number of benzene rings is 2. The number of carbonyl (C=O) groups is 1. The SMILES string of the molecule is CC(C)C[C@H](NS(=O)(=O)c1ccc(N2CCC(c3ccccc3)CC2)cc1)C(=O)O. The molecule has 3 rings (SSSR count). The Kier molecular flexibility index (Phi) is 7.15. The van der Waals surface area contributed by atoms with Gasteiger partial charge < -0.3 is 10.0 Å². The summed E-state index contributed by atoms with van der Waals surface area (Å²) in [4.78, 5) is 13.7. The molecular weight excluding hydrogens is 400 g/mol. The van der Waals surface area contributed by atoms with Crippen molar-refractivity contribution in [1.29, 1.82) is 0 Å². The lowest BCUT2D eigenvalue weighted by Crippen LogP contribution is -2.41. The number of nitrogens with zero attached hydrogens (tertiary/aromatic N) is 1. The van der Waals surface area contributed by atoms with Crippen molar-refractivity contribution in [3.8, 4) is 0 Å². The van der Waals surface area contributed by atoms with Crippen LogP contribution < -0.4 is 9.62 Å². The largest absolute Gasteiger partial charge is 0.480 e. The number of hydrogen-bond acceptors (Lipinski definition) is 4. The Bertz CT molecular complexity index is 935. The van der Waals surface area contributed by atoms with Gasteiger partial charge in [-0.05, 0) is 60.9 Å². The number of hydrogen-bond donors (Lipinski definition) is 2. The lowest BCUT2D eigenvalue weighted by molar-refractivity contribution is -0.139. The van der Waals surface area contributed by atoms with Crippen LogP contribution in [0.4, 0.5) is 5.69 Å². The third-order valence-corrected chi connectivity index (χ3v) is 7.07. The Balaban J connectivity index is 1.64. The number of piperidine rings is 1. The molecule has 162 valence electrons. The lowest BCUT2D eigenvalue weighted by atomic mass is 9.89. The molecule has 0 radical (unpaired) electrons. The molecule has 1 aliphatic rings. The first-order valence-corrected chi connectivity index (χ1v) is 11.9. The Morgan fingerprint density at radius 2 is 1.67 bits per heavy atom. The highest BCUT2D eigenvalue weighted by Crippen LogP contribution is 2.30. The average molecular weight is 431 g/mol. The van der Waals surface area contributed by atoms with Gasteiger partial charge in [0.05, 0.1) is 4.90 Å². The average Bonchev–Trinajstić information content (AvgIpc) is 2.73. The highest BCUT2D eigenvalue weighted by Gasteiger charge is 2.26. The third kappa shape index (κ3) is 5.61. The minimum absolute atomic E-state index is 0.0648. The van der Waals surface area contributed by atoms with Crippen LogP contribution in [-0.2, 0) is 14.8 Å². The molecule has 0 aromatic heterocycles. The van der Waals surface area contributed by atoms with Crippen LogP contribution in [0.25, 0.3) is 0 Å². The monoisotopic (exact) mass is 430 g/mol. The van der Waals surface area contributed by atoms with Crippen molar-refractivity contribution >= 4 is 21.7 Å². The first kappa shape index (κ1) is 22.3. The smallest absolute Gasteiger partial charge is 0.321 e. The van der Waals surface area contributed by atoms with Crippen molar-refractivity contribution in [2.75, 3.05) is 18.0 Å². The van der Waals surface area contributed by atoms with E-state index in [1.165, 1.54) is 5.56 Å². The third-order valence-electron chi connectivity index (χ3n) is 5.58. The number of nitrogens with one attached hydrogen (secondary N) is 1. The Labute approximate surface area is 179 Å². The second-order valence-corrected chi connectivity index (χ2v) is 10.0. The zero-order valence-corrected chi connectivity index (χ0v) is 18.3. The van der Waals surface area contributed by atoms with Crippen LogP contribution in [0.1, 0.15) is 44.6 Å². The second kappa shape index (κ2) is 9.62. The Hall–Kier alpha value is -2.38. The van der Waals surface area contributed by atoms with Gasteiger partial charge in [-0.15, -0.1) is 0 Å². The molecule has 1 aliphatic heterocycles. The van der Waals surface area contributed by atoms with Crippen molar-refractivity contribution in [3.05, 3.63) is 60.2 Å². The first-order chi connectivity index (χ1) is 14.3. The van der Waals surface area contributed by atoms with E-state index < -0.39 is 22.0 Å². The molecule has 1 atom stereocenters. The second-order valence-electron chi connectivity index (χ2n) is 8.31. The zero-order valence-electron chi connectivity index (χ0n) is 17.5. The summed E-state index contributed by atoms with van der Waals surface area (Å²) in [5.41, 5.74) is 2.36. The van der Waals surface area contributed by atoms with E-state index >= 15 is 0 Å². The van der Waals surface area contributed by atoms with Crippen LogP contribution in [0.2, 0.25) is 0 Å². The molecule has 30 heavy (non-hydrogen) atoms. The molecule has 0 spiro atoms. The normalized spacial score (nSPS) is 16.6. The van der Waals surface area contributed by atoms with E-state index in [-0.39, 0.29) is 17.2 Å². The van der Waals surface area contributed by atoms with Crippen LogP contribution in [0.5, 0.6) is 0 Å². The van der Waals surface area contributed by atoms with Crippen LogP contribution in [0.3, 0.4) is 0 Å². The van der Waals surface area contributed by atoms with Gasteiger partial charge >= 0.3 is 5.97 Å². The Morgan fingerprint density at radius 3 is 2.20 bits per heavy atom. The fraction of sp³-hybridized carbons (Fsp3) is 0.435. The van der Waals surface area contributed by atoms with E-state index in [4.69, 9.17) is 0 Å².